The molecule has 1 aliphatic carbocycles. The van der Waals surface area contributed by atoms with Gasteiger partial charge in [0, 0.05) is 4.47 Å². The van der Waals surface area contributed by atoms with Crippen molar-refractivity contribution in [2.75, 3.05) is 0 Å². The average Bonchev–Trinajstić information content (AvgIpc) is 2.68. The van der Waals surface area contributed by atoms with Gasteiger partial charge in [-0.05, 0) is 50.8 Å². The first-order chi connectivity index (χ1) is 9.66. The first-order valence-corrected chi connectivity index (χ1v) is 7.47. The van der Waals surface area contributed by atoms with Gasteiger partial charge in [0.25, 0.3) is 0 Å². The van der Waals surface area contributed by atoms with E-state index in [1.165, 1.54) is 0 Å². The molecule has 2 rings (SSSR count). The fourth-order valence-electron chi connectivity index (χ4n) is 2.54. The fraction of sp³-hybridized carbons (Fsp3) is 0.467. The number of carboxylic acid groups (broad SMARTS) is 1. The highest BCUT2D eigenvalue weighted by Gasteiger charge is 2.48. The van der Waals surface area contributed by atoms with Gasteiger partial charge < -0.3 is 15.2 Å². The van der Waals surface area contributed by atoms with E-state index in [1.807, 2.05) is 6.07 Å². The van der Waals surface area contributed by atoms with Gasteiger partial charge >= 0.3 is 12.1 Å². The highest BCUT2D eigenvalue weighted by molar-refractivity contribution is 9.10. The zero-order chi connectivity index (χ0) is 15.8. The third-order valence-corrected chi connectivity index (χ3v) is 4.15. The van der Waals surface area contributed by atoms with E-state index in [4.69, 9.17) is 4.74 Å². The lowest BCUT2D eigenvalue weighted by Crippen LogP contribution is -2.51. The van der Waals surface area contributed by atoms with Crippen molar-refractivity contribution in [3.05, 3.63) is 33.8 Å². The van der Waals surface area contributed by atoms with Gasteiger partial charge in [-0.25, -0.2) is 9.59 Å². The second kappa shape index (κ2) is 5.33. The molecule has 21 heavy (non-hydrogen) atoms. The maximum absolute atomic E-state index is 12.0. The van der Waals surface area contributed by atoms with E-state index in [0.29, 0.717) is 18.4 Å². The third-order valence-electron chi connectivity index (χ3n) is 3.41. The standard InChI is InChI=1S/C15H18BrNO4/c1-14(2,3)21-13(20)17-15(12(18)19)8-7-9-10(15)5-4-6-11(9)16/h4-6H,7-8H2,1-3H3,(H,17,20)(H,18,19). The van der Waals surface area contributed by atoms with Crippen LogP contribution in [0, 0.1) is 0 Å². The van der Waals surface area contributed by atoms with Crippen molar-refractivity contribution < 1.29 is 19.4 Å². The summed E-state index contributed by atoms with van der Waals surface area (Å²) in [5, 5.41) is 12.2. The van der Waals surface area contributed by atoms with Crippen molar-refractivity contribution in [2.24, 2.45) is 0 Å². The van der Waals surface area contributed by atoms with Crippen LogP contribution in [0.3, 0.4) is 0 Å². The average molecular weight is 356 g/mol. The number of amides is 1. The summed E-state index contributed by atoms with van der Waals surface area (Å²) in [6.45, 7) is 5.21. The zero-order valence-electron chi connectivity index (χ0n) is 12.2. The summed E-state index contributed by atoms with van der Waals surface area (Å²) < 4.78 is 6.05. The van der Waals surface area contributed by atoms with E-state index in [1.54, 1.807) is 32.9 Å². The topological polar surface area (TPSA) is 75.6 Å². The number of hydrogen-bond acceptors (Lipinski definition) is 3. The number of hydrogen-bond donors (Lipinski definition) is 2. The summed E-state index contributed by atoms with van der Waals surface area (Å²) in [5.41, 5.74) is -0.588. The van der Waals surface area contributed by atoms with Gasteiger partial charge in [-0.2, -0.15) is 0 Å². The van der Waals surface area contributed by atoms with Gasteiger partial charge in [-0.3, -0.25) is 0 Å². The molecule has 2 N–H and O–H groups in total. The van der Waals surface area contributed by atoms with Crippen LogP contribution in [0.25, 0.3) is 0 Å². The van der Waals surface area contributed by atoms with Crippen LogP contribution in [-0.2, 0) is 21.5 Å². The lowest BCUT2D eigenvalue weighted by molar-refractivity contribution is -0.145. The van der Waals surface area contributed by atoms with Gasteiger partial charge in [0.2, 0.25) is 0 Å². The molecule has 114 valence electrons. The van der Waals surface area contributed by atoms with Crippen LogP contribution in [0.1, 0.15) is 38.3 Å². The number of ether oxygens (including phenoxy) is 1. The Labute approximate surface area is 131 Å². The molecule has 0 saturated heterocycles. The van der Waals surface area contributed by atoms with Crippen LogP contribution in [0.4, 0.5) is 4.79 Å². The number of alkyl carbamates (subject to hydrolysis) is 1. The lowest BCUT2D eigenvalue weighted by atomic mass is 9.92. The molecule has 0 fully saturated rings. The van der Waals surface area contributed by atoms with Gasteiger partial charge in [0.15, 0.2) is 5.54 Å². The molecule has 0 spiro atoms. The number of halogens is 1. The normalized spacial score (nSPS) is 20.8. The highest BCUT2D eigenvalue weighted by atomic mass is 79.9. The summed E-state index contributed by atoms with van der Waals surface area (Å²) in [4.78, 5) is 23.8. The maximum Gasteiger partial charge on any atom is 0.408 e. The summed E-state index contributed by atoms with van der Waals surface area (Å²) >= 11 is 3.43. The zero-order valence-corrected chi connectivity index (χ0v) is 13.8. The lowest BCUT2D eigenvalue weighted by Gasteiger charge is -2.29. The second-order valence-corrected chi connectivity index (χ2v) is 6.96. The van der Waals surface area contributed by atoms with Crippen LogP contribution in [-0.4, -0.2) is 22.8 Å². The number of aliphatic carboxylic acids is 1. The number of carbonyl (C=O) groups excluding carboxylic acids is 1. The number of nitrogens with one attached hydrogen (secondary N) is 1. The molecule has 1 aliphatic rings. The first-order valence-electron chi connectivity index (χ1n) is 6.68. The molecular formula is C15H18BrNO4. The van der Waals surface area contributed by atoms with Crippen LogP contribution < -0.4 is 5.32 Å². The highest BCUT2D eigenvalue weighted by Crippen LogP contribution is 2.40. The summed E-state index contributed by atoms with van der Waals surface area (Å²) in [6, 6.07) is 5.37. The molecule has 0 aromatic heterocycles. The minimum atomic E-state index is -1.43. The van der Waals surface area contributed by atoms with E-state index in [0.717, 1.165) is 10.0 Å². The quantitative estimate of drug-likeness (QED) is 0.853. The van der Waals surface area contributed by atoms with Crippen LogP contribution in [0.5, 0.6) is 0 Å². The Hall–Kier alpha value is -1.56. The van der Waals surface area contributed by atoms with Crippen molar-refractivity contribution in [1.29, 1.82) is 0 Å². The molecular weight excluding hydrogens is 338 g/mol. The van der Waals surface area contributed by atoms with Gasteiger partial charge in [0.1, 0.15) is 5.60 Å². The number of fused-ring (bicyclic) bond motifs is 1. The Morgan fingerprint density at radius 2 is 2.05 bits per heavy atom. The molecule has 0 radical (unpaired) electrons. The molecule has 1 unspecified atom stereocenters. The SMILES string of the molecule is CC(C)(C)OC(=O)NC1(C(=O)O)CCc2c(Br)cccc21. The number of carboxylic acids is 1. The van der Waals surface area contributed by atoms with Crippen molar-refractivity contribution in [3.63, 3.8) is 0 Å². The monoisotopic (exact) mass is 355 g/mol. The van der Waals surface area contributed by atoms with Crippen LogP contribution in [0.2, 0.25) is 0 Å². The van der Waals surface area contributed by atoms with Gasteiger partial charge in [-0.1, -0.05) is 28.1 Å². The summed E-state index contributed by atoms with van der Waals surface area (Å²) in [5.74, 6) is -1.08. The maximum atomic E-state index is 12.0. The molecule has 1 atom stereocenters. The number of carbonyl (C=O) groups is 2. The Kier molecular flexibility index (Phi) is 4.02. The molecule has 0 aliphatic heterocycles. The molecule has 5 nitrogen and oxygen atoms in total. The van der Waals surface area contributed by atoms with Crippen molar-refractivity contribution >= 4 is 28.0 Å². The predicted molar refractivity (Wildman–Crippen MR) is 81.1 cm³/mol. The van der Waals surface area contributed by atoms with Gasteiger partial charge in [0.05, 0.1) is 0 Å². The molecule has 0 saturated carbocycles. The van der Waals surface area contributed by atoms with E-state index >= 15 is 0 Å². The molecule has 0 heterocycles. The van der Waals surface area contributed by atoms with E-state index in [2.05, 4.69) is 21.2 Å². The molecule has 6 heteroatoms. The molecule has 1 aromatic rings. The van der Waals surface area contributed by atoms with Crippen LogP contribution >= 0.6 is 15.9 Å². The third kappa shape index (κ3) is 3.05. The minimum Gasteiger partial charge on any atom is -0.479 e. The first kappa shape index (κ1) is 15.8. The predicted octanol–water partition coefficient (Wildman–Crippen LogP) is 3.20. The summed E-state index contributed by atoms with van der Waals surface area (Å²) in [6.07, 6.45) is 0.163. The largest absolute Gasteiger partial charge is 0.479 e. The van der Waals surface area contributed by atoms with E-state index in [-0.39, 0.29) is 0 Å². The van der Waals surface area contributed by atoms with Crippen molar-refractivity contribution in [3.8, 4) is 0 Å². The molecule has 1 amide bonds. The summed E-state index contributed by atoms with van der Waals surface area (Å²) in [7, 11) is 0. The Balaban J connectivity index is 2.36. The van der Waals surface area contributed by atoms with E-state index in [9.17, 15) is 14.7 Å². The molecule has 0 bridgehead atoms. The van der Waals surface area contributed by atoms with E-state index < -0.39 is 23.2 Å². The Morgan fingerprint density at radius 3 is 2.62 bits per heavy atom. The Bertz CT molecular complexity index is 594. The number of rotatable bonds is 2. The number of benzene rings is 1. The minimum absolute atomic E-state index is 0.305. The Morgan fingerprint density at radius 1 is 1.38 bits per heavy atom. The van der Waals surface area contributed by atoms with Gasteiger partial charge in [-0.15, -0.1) is 0 Å². The fourth-order valence-corrected chi connectivity index (χ4v) is 3.11. The van der Waals surface area contributed by atoms with Crippen molar-refractivity contribution in [1.82, 2.24) is 5.32 Å². The smallest absolute Gasteiger partial charge is 0.408 e. The molecule has 1 aromatic carbocycles. The van der Waals surface area contributed by atoms with Crippen molar-refractivity contribution in [2.45, 2.75) is 44.8 Å². The van der Waals surface area contributed by atoms with Crippen LogP contribution in [0.15, 0.2) is 22.7 Å². The second-order valence-electron chi connectivity index (χ2n) is 6.10.